The molecule has 1 aliphatic heterocycles. The lowest BCUT2D eigenvalue weighted by Crippen LogP contribution is -2.24. The van der Waals surface area contributed by atoms with Crippen LogP contribution in [-0.2, 0) is 16.0 Å². The standard InChI is InChI=1S/C19H21FN4O3/c1-13-16(19(25)15(10-21)17-6-5-14(20)11-22-17)12-23-24(13)7-9-27-18-4-2-3-8-26-18/h5-6,11-12,15,18H,2-4,7-9H2,1H3/t15-,18-/m0/s1. The lowest BCUT2D eigenvalue weighted by Gasteiger charge is -2.22. The Balaban J connectivity index is 1.65. The van der Waals surface area contributed by atoms with Crippen LogP contribution in [0.15, 0.2) is 24.5 Å². The fourth-order valence-electron chi connectivity index (χ4n) is 3.00. The van der Waals surface area contributed by atoms with Crippen LogP contribution in [0.4, 0.5) is 4.39 Å². The van der Waals surface area contributed by atoms with Crippen LogP contribution in [0.25, 0.3) is 0 Å². The molecule has 2 atom stereocenters. The van der Waals surface area contributed by atoms with Crippen LogP contribution < -0.4 is 0 Å². The van der Waals surface area contributed by atoms with Gasteiger partial charge < -0.3 is 9.47 Å². The Hall–Kier alpha value is -2.63. The number of rotatable bonds is 7. The van der Waals surface area contributed by atoms with Crippen molar-refractivity contribution in [2.75, 3.05) is 13.2 Å². The summed E-state index contributed by atoms with van der Waals surface area (Å²) in [4.78, 5) is 16.6. The number of hydrogen-bond acceptors (Lipinski definition) is 6. The van der Waals surface area contributed by atoms with Crippen molar-refractivity contribution in [2.45, 2.75) is 44.9 Å². The minimum Gasteiger partial charge on any atom is -0.353 e. The number of Topliss-reactive ketones (excluding diaryl/α,β-unsaturated/α-hetero) is 1. The van der Waals surface area contributed by atoms with Crippen LogP contribution >= 0.6 is 0 Å². The van der Waals surface area contributed by atoms with Crippen molar-refractivity contribution in [3.63, 3.8) is 0 Å². The summed E-state index contributed by atoms with van der Waals surface area (Å²) in [5, 5.41) is 13.6. The van der Waals surface area contributed by atoms with Crippen LogP contribution in [0.5, 0.6) is 0 Å². The molecule has 0 radical (unpaired) electrons. The molecule has 0 spiro atoms. The number of carbonyl (C=O) groups excluding carboxylic acids is 1. The molecule has 0 bridgehead atoms. The van der Waals surface area contributed by atoms with Gasteiger partial charge in [-0.05, 0) is 38.3 Å². The number of ether oxygens (including phenoxy) is 2. The summed E-state index contributed by atoms with van der Waals surface area (Å²) in [6.07, 6.45) is 5.31. The Bertz CT molecular complexity index is 822. The highest BCUT2D eigenvalue weighted by Gasteiger charge is 2.26. The lowest BCUT2D eigenvalue weighted by atomic mass is 9.96. The third-order valence-electron chi connectivity index (χ3n) is 4.55. The van der Waals surface area contributed by atoms with Gasteiger partial charge in [0.2, 0.25) is 0 Å². The molecule has 2 aromatic heterocycles. The molecular weight excluding hydrogens is 351 g/mol. The molecule has 3 heterocycles. The van der Waals surface area contributed by atoms with Gasteiger partial charge in [-0.3, -0.25) is 14.5 Å². The Labute approximate surface area is 156 Å². The Kier molecular flexibility index (Phi) is 6.27. The normalized spacial score (nSPS) is 18.0. The predicted octanol–water partition coefficient (Wildman–Crippen LogP) is 2.76. The second kappa shape index (κ2) is 8.84. The molecule has 27 heavy (non-hydrogen) atoms. The number of pyridine rings is 1. The molecule has 0 unspecified atom stereocenters. The number of carbonyl (C=O) groups is 1. The average molecular weight is 372 g/mol. The highest BCUT2D eigenvalue weighted by Crippen LogP contribution is 2.21. The molecule has 8 heteroatoms. The van der Waals surface area contributed by atoms with Gasteiger partial charge in [0.05, 0.1) is 42.9 Å². The minimum atomic E-state index is -1.10. The lowest BCUT2D eigenvalue weighted by molar-refractivity contribution is -0.163. The third-order valence-corrected chi connectivity index (χ3v) is 4.55. The van der Waals surface area contributed by atoms with Gasteiger partial charge in [0.25, 0.3) is 0 Å². The summed E-state index contributed by atoms with van der Waals surface area (Å²) in [6.45, 7) is 3.38. The van der Waals surface area contributed by atoms with E-state index in [0.29, 0.717) is 24.4 Å². The molecular formula is C19H21FN4O3. The zero-order valence-electron chi connectivity index (χ0n) is 15.1. The monoisotopic (exact) mass is 372 g/mol. The van der Waals surface area contributed by atoms with E-state index in [1.54, 1.807) is 11.6 Å². The van der Waals surface area contributed by atoms with Crippen molar-refractivity contribution in [1.82, 2.24) is 14.8 Å². The maximum absolute atomic E-state index is 13.0. The van der Waals surface area contributed by atoms with Crippen molar-refractivity contribution in [2.24, 2.45) is 0 Å². The molecule has 142 valence electrons. The first-order valence-corrected chi connectivity index (χ1v) is 8.91. The van der Waals surface area contributed by atoms with E-state index in [1.807, 2.05) is 6.07 Å². The first kappa shape index (κ1) is 19.1. The molecule has 0 amide bonds. The van der Waals surface area contributed by atoms with Gasteiger partial charge in [-0.2, -0.15) is 10.4 Å². The number of ketones is 1. The Morgan fingerprint density at radius 1 is 1.48 bits per heavy atom. The largest absolute Gasteiger partial charge is 0.353 e. The minimum absolute atomic E-state index is 0.178. The average Bonchev–Trinajstić information content (AvgIpc) is 3.05. The Morgan fingerprint density at radius 3 is 3.00 bits per heavy atom. The van der Waals surface area contributed by atoms with Gasteiger partial charge in [-0.1, -0.05) is 0 Å². The maximum Gasteiger partial charge on any atom is 0.189 e. The number of aromatic nitrogens is 3. The Morgan fingerprint density at radius 2 is 2.33 bits per heavy atom. The highest BCUT2D eigenvalue weighted by molar-refractivity contribution is 6.03. The number of halogens is 1. The second-order valence-electron chi connectivity index (χ2n) is 6.36. The van der Waals surface area contributed by atoms with Crippen LogP contribution in [0.1, 0.15) is 46.9 Å². The number of nitriles is 1. The third kappa shape index (κ3) is 4.56. The zero-order chi connectivity index (χ0) is 19.2. The van der Waals surface area contributed by atoms with E-state index in [0.717, 1.165) is 32.1 Å². The molecule has 0 N–H and O–H groups in total. The molecule has 2 aromatic rings. The molecule has 0 saturated carbocycles. The van der Waals surface area contributed by atoms with Gasteiger partial charge in [0, 0.05) is 12.3 Å². The maximum atomic E-state index is 13.0. The highest BCUT2D eigenvalue weighted by atomic mass is 19.1. The molecule has 1 aliphatic rings. The van der Waals surface area contributed by atoms with Crippen molar-refractivity contribution >= 4 is 5.78 Å². The summed E-state index contributed by atoms with van der Waals surface area (Å²) in [7, 11) is 0. The second-order valence-corrected chi connectivity index (χ2v) is 6.36. The quantitative estimate of drug-likeness (QED) is 0.694. The van der Waals surface area contributed by atoms with Crippen molar-refractivity contribution in [3.8, 4) is 6.07 Å². The van der Waals surface area contributed by atoms with E-state index in [-0.39, 0.29) is 12.0 Å². The molecule has 1 saturated heterocycles. The summed E-state index contributed by atoms with van der Waals surface area (Å²) in [5.41, 5.74) is 1.21. The molecule has 1 fully saturated rings. The topological polar surface area (TPSA) is 90.0 Å². The molecule has 7 nitrogen and oxygen atoms in total. The summed E-state index contributed by atoms with van der Waals surface area (Å²) in [5.74, 6) is -2.03. The SMILES string of the molecule is Cc1c(C(=O)[C@@H](C#N)c2ccc(F)cn2)cnn1CCO[C@H]1CCCCO1. The van der Waals surface area contributed by atoms with Crippen molar-refractivity contribution < 1.29 is 18.7 Å². The molecule has 3 rings (SSSR count). The van der Waals surface area contributed by atoms with E-state index in [1.165, 1.54) is 18.3 Å². The van der Waals surface area contributed by atoms with E-state index in [9.17, 15) is 14.4 Å². The first-order chi connectivity index (χ1) is 13.1. The number of hydrogen-bond donors (Lipinski definition) is 0. The van der Waals surface area contributed by atoms with Gasteiger partial charge >= 0.3 is 0 Å². The van der Waals surface area contributed by atoms with Crippen LogP contribution in [-0.4, -0.2) is 40.1 Å². The van der Waals surface area contributed by atoms with Gasteiger partial charge in [-0.15, -0.1) is 0 Å². The van der Waals surface area contributed by atoms with Gasteiger partial charge in [-0.25, -0.2) is 4.39 Å². The van der Waals surface area contributed by atoms with Crippen molar-refractivity contribution in [1.29, 1.82) is 5.26 Å². The van der Waals surface area contributed by atoms with Crippen LogP contribution in [0, 0.1) is 24.1 Å². The predicted molar refractivity (Wildman–Crippen MR) is 93.4 cm³/mol. The molecule has 0 aliphatic carbocycles. The van der Waals surface area contributed by atoms with E-state index in [2.05, 4.69) is 10.1 Å². The van der Waals surface area contributed by atoms with Crippen LogP contribution in [0.3, 0.4) is 0 Å². The number of nitrogens with zero attached hydrogens (tertiary/aromatic N) is 4. The molecule has 0 aromatic carbocycles. The first-order valence-electron chi connectivity index (χ1n) is 8.91. The van der Waals surface area contributed by atoms with Crippen LogP contribution in [0.2, 0.25) is 0 Å². The van der Waals surface area contributed by atoms with E-state index >= 15 is 0 Å². The summed E-state index contributed by atoms with van der Waals surface area (Å²) < 4.78 is 25.9. The fraction of sp³-hybridized carbons (Fsp3) is 0.474. The van der Waals surface area contributed by atoms with Crippen molar-refractivity contribution in [3.05, 3.63) is 47.3 Å². The summed E-state index contributed by atoms with van der Waals surface area (Å²) >= 11 is 0. The van der Waals surface area contributed by atoms with E-state index in [4.69, 9.17) is 9.47 Å². The smallest absolute Gasteiger partial charge is 0.189 e. The van der Waals surface area contributed by atoms with E-state index < -0.39 is 17.5 Å². The summed E-state index contributed by atoms with van der Waals surface area (Å²) in [6, 6.07) is 4.47. The van der Waals surface area contributed by atoms with Gasteiger partial charge in [0.15, 0.2) is 18.0 Å². The van der Waals surface area contributed by atoms with Gasteiger partial charge in [0.1, 0.15) is 5.82 Å². The zero-order valence-corrected chi connectivity index (χ0v) is 15.1. The fourth-order valence-corrected chi connectivity index (χ4v) is 3.00.